The maximum atomic E-state index is 12.2. The Balaban J connectivity index is 1.03. The number of carbonyl (C=O) groups is 2. The van der Waals surface area contributed by atoms with Crippen LogP contribution in [0.3, 0.4) is 0 Å². The Morgan fingerprint density at radius 1 is 0.754 bits per heavy atom. The average Bonchev–Trinajstić information content (AvgIpc) is 3.46. The molecule has 61 heavy (non-hydrogen) atoms. The maximum Gasteiger partial charge on any atom is 0.303 e. The lowest BCUT2D eigenvalue weighted by molar-refractivity contribution is -0.368. The number of hydrogen-bond acceptors (Lipinski definition) is 15. The zero-order chi connectivity index (χ0) is 44.5. The maximum absolute atomic E-state index is 12.2. The van der Waals surface area contributed by atoms with Gasteiger partial charge in [-0.25, -0.2) is 0 Å². The molecule has 7 fully saturated rings. The lowest BCUT2D eigenvalue weighted by Gasteiger charge is -2.73. The number of ether oxygens (including phenoxy) is 7. The molecule has 3 heterocycles. The van der Waals surface area contributed by atoms with Crippen molar-refractivity contribution < 1.29 is 73.4 Å². The first kappa shape index (κ1) is 45.8. The van der Waals surface area contributed by atoms with Gasteiger partial charge in [-0.15, -0.1) is 0 Å². The van der Waals surface area contributed by atoms with Crippen LogP contribution in [0.2, 0.25) is 0 Å². The van der Waals surface area contributed by atoms with Gasteiger partial charge in [-0.3, -0.25) is 9.59 Å². The normalized spacial score (nSPS) is 54.7. The SMILES string of the molecule is CC(=O)O[C@@H]1[C@@H](O)[C@H](O[C@H]2[C@@H](O)[C@@H](C)O[C@@H](O[C@H]3CC[C@@]4(C)[C@@H](CC[C@]5(C)[C@@H]4C=C[C@]46OC[C@@]7(CCC(C)(C)C[C@@H]74)[C@@H](O)C[C@]65C)[C@]3(C)CO)[C@@H]2O)O[C@H](CO)[C@H]1OC(C)=O. The van der Waals surface area contributed by atoms with E-state index in [2.05, 4.69) is 53.7 Å². The highest BCUT2D eigenvalue weighted by molar-refractivity contribution is 5.67. The number of aliphatic hydroxyl groups is 6. The Morgan fingerprint density at radius 3 is 2.07 bits per heavy atom. The highest BCUT2D eigenvalue weighted by atomic mass is 16.7. The van der Waals surface area contributed by atoms with E-state index in [4.69, 9.17) is 33.2 Å². The first-order valence-electron chi connectivity index (χ1n) is 22.7. The first-order chi connectivity index (χ1) is 28.5. The zero-order valence-corrected chi connectivity index (χ0v) is 37.5. The molecule has 5 aliphatic carbocycles. The Bertz CT molecular complexity index is 1720. The predicted molar refractivity (Wildman–Crippen MR) is 216 cm³/mol. The first-order valence-corrected chi connectivity index (χ1v) is 22.7. The van der Waals surface area contributed by atoms with Gasteiger partial charge >= 0.3 is 11.9 Å². The highest BCUT2D eigenvalue weighted by Crippen LogP contribution is 2.79. The van der Waals surface area contributed by atoms with Crippen LogP contribution >= 0.6 is 0 Å². The second-order valence-corrected chi connectivity index (χ2v) is 22.1. The summed E-state index contributed by atoms with van der Waals surface area (Å²) in [7, 11) is 0. The summed E-state index contributed by atoms with van der Waals surface area (Å²) in [5.41, 5.74) is -2.07. The van der Waals surface area contributed by atoms with Crippen molar-refractivity contribution in [3.63, 3.8) is 0 Å². The van der Waals surface area contributed by atoms with E-state index in [-0.39, 0.29) is 51.4 Å². The van der Waals surface area contributed by atoms with Gasteiger partial charge in [-0.1, -0.05) is 53.7 Å². The minimum absolute atomic E-state index is 0.00946. The van der Waals surface area contributed by atoms with Crippen LogP contribution in [-0.2, 0) is 42.7 Å². The monoisotopic (exact) mass is 864 g/mol. The molecular weight excluding hydrogens is 792 g/mol. The fourth-order valence-electron chi connectivity index (χ4n) is 14.9. The molecule has 0 aromatic carbocycles. The van der Waals surface area contributed by atoms with E-state index >= 15 is 0 Å². The van der Waals surface area contributed by atoms with E-state index in [1.807, 2.05) is 0 Å². The fourth-order valence-corrected chi connectivity index (χ4v) is 14.9. The minimum Gasteiger partial charge on any atom is -0.456 e. The molecule has 1 spiro atoms. The molecule has 0 aromatic rings. The van der Waals surface area contributed by atoms with Gasteiger partial charge in [0.1, 0.15) is 30.5 Å². The van der Waals surface area contributed by atoms with Crippen molar-refractivity contribution in [1.82, 2.24) is 0 Å². The van der Waals surface area contributed by atoms with Crippen molar-refractivity contribution in [2.24, 2.45) is 50.2 Å². The van der Waals surface area contributed by atoms with Gasteiger partial charge in [0.15, 0.2) is 24.8 Å². The van der Waals surface area contributed by atoms with Gasteiger partial charge in [-0.2, -0.15) is 0 Å². The van der Waals surface area contributed by atoms with Gasteiger partial charge < -0.3 is 63.8 Å². The molecule has 3 aliphatic heterocycles. The van der Waals surface area contributed by atoms with Gasteiger partial charge in [0, 0.05) is 36.0 Å². The lowest BCUT2D eigenvalue weighted by Crippen LogP contribution is -2.72. The van der Waals surface area contributed by atoms with Crippen LogP contribution in [0, 0.1) is 50.2 Å². The van der Waals surface area contributed by atoms with Gasteiger partial charge in [-0.05, 0) is 86.4 Å². The van der Waals surface area contributed by atoms with Gasteiger partial charge in [0.05, 0.1) is 43.7 Å². The van der Waals surface area contributed by atoms with E-state index in [0.29, 0.717) is 19.4 Å². The van der Waals surface area contributed by atoms with Crippen molar-refractivity contribution in [3.05, 3.63) is 12.2 Å². The fraction of sp³-hybridized carbons (Fsp3) is 0.913. The third-order valence-electron chi connectivity index (χ3n) is 18.5. The number of carbonyl (C=O) groups excluding carboxylic acids is 2. The number of hydrogen-bond donors (Lipinski definition) is 6. The smallest absolute Gasteiger partial charge is 0.303 e. The Hall–Kier alpha value is -1.76. The topological polar surface area (TPSA) is 220 Å². The number of aliphatic hydroxyl groups excluding tert-OH is 6. The van der Waals surface area contributed by atoms with E-state index in [9.17, 15) is 40.2 Å². The third kappa shape index (κ3) is 6.59. The molecule has 346 valence electrons. The second kappa shape index (κ2) is 15.4. The van der Waals surface area contributed by atoms with Gasteiger partial charge in [0.2, 0.25) is 0 Å². The number of rotatable bonds is 8. The second-order valence-electron chi connectivity index (χ2n) is 22.1. The molecule has 8 aliphatic rings. The Kier molecular flexibility index (Phi) is 11.6. The molecule has 15 heteroatoms. The highest BCUT2D eigenvalue weighted by Gasteiger charge is 2.79. The van der Waals surface area contributed by atoms with Crippen LogP contribution in [0.4, 0.5) is 0 Å². The summed E-state index contributed by atoms with van der Waals surface area (Å²) < 4.78 is 42.4. The number of fused-ring (bicyclic) bond motifs is 4. The number of allylic oxidation sites excluding steroid dienone is 1. The summed E-state index contributed by atoms with van der Waals surface area (Å²) in [6.45, 7) is 17.5. The summed E-state index contributed by atoms with van der Waals surface area (Å²) in [6.07, 6.45) is -3.66. The quantitative estimate of drug-likeness (QED) is 0.117. The van der Waals surface area contributed by atoms with Crippen LogP contribution in [0.5, 0.6) is 0 Å². The minimum atomic E-state index is -1.75. The molecule has 6 N–H and O–H groups in total. The summed E-state index contributed by atoms with van der Waals surface area (Å²) in [6, 6.07) is 0. The molecule has 15 nitrogen and oxygen atoms in total. The standard InChI is InChI=1S/C46H72O15/c1-23-32(52)36(61-39-34(54)37(58-25(3)50)35(57-24(2)49)26(20-47)59-39)33(53)38(56-23)60-31-12-13-41(6)27(42(31,7)21-48)10-14-43(8)28(41)11-15-46-29-18-40(4,5)16-17-45(29,22-55-46)30(51)19-44(43,46)9/h11,15,23,26-39,47-48,51-54H,10,12-14,16-22H2,1-9H3/t23-,26-,27-,28-,29+,30+,31+,32+,33-,34-,35-,36+,37-,38+,39+,41+,42+,43-,44+,45-,46+/m1/s1. The average molecular weight is 865 g/mol. The van der Waals surface area contributed by atoms with Crippen molar-refractivity contribution in [2.45, 2.75) is 193 Å². The molecule has 21 atom stereocenters. The van der Waals surface area contributed by atoms with E-state index in [1.165, 1.54) is 0 Å². The van der Waals surface area contributed by atoms with Crippen molar-refractivity contribution >= 4 is 11.9 Å². The molecule has 4 saturated carbocycles. The lowest BCUT2D eigenvalue weighted by atomic mass is 9.32. The molecule has 0 amide bonds. The van der Waals surface area contributed by atoms with Crippen LogP contribution < -0.4 is 0 Å². The van der Waals surface area contributed by atoms with E-state index in [1.54, 1.807) is 6.92 Å². The summed E-state index contributed by atoms with van der Waals surface area (Å²) in [4.78, 5) is 23.9. The summed E-state index contributed by atoms with van der Waals surface area (Å²) in [5, 5.41) is 68.2. The van der Waals surface area contributed by atoms with Crippen molar-refractivity contribution in [1.29, 1.82) is 0 Å². The van der Waals surface area contributed by atoms with Crippen molar-refractivity contribution in [2.75, 3.05) is 19.8 Å². The molecule has 8 rings (SSSR count). The molecule has 0 radical (unpaired) electrons. The molecular formula is C46H72O15. The molecule has 2 bridgehead atoms. The van der Waals surface area contributed by atoms with E-state index in [0.717, 1.165) is 52.4 Å². The van der Waals surface area contributed by atoms with Crippen LogP contribution in [0.15, 0.2) is 12.2 Å². The molecule has 3 saturated heterocycles. The number of esters is 2. The van der Waals surface area contributed by atoms with E-state index < -0.39 is 103 Å². The Morgan fingerprint density at radius 2 is 1.41 bits per heavy atom. The Labute approximate surface area is 359 Å². The predicted octanol–water partition coefficient (Wildman–Crippen LogP) is 2.92. The van der Waals surface area contributed by atoms with Crippen LogP contribution in [-0.4, -0.2) is 142 Å². The summed E-state index contributed by atoms with van der Waals surface area (Å²) >= 11 is 0. The molecule has 0 unspecified atom stereocenters. The van der Waals surface area contributed by atoms with Gasteiger partial charge in [0.25, 0.3) is 0 Å². The largest absolute Gasteiger partial charge is 0.456 e. The molecule has 0 aromatic heterocycles. The zero-order valence-electron chi connectivity index (χ0n) is 37.5. The third-order valence-corrected chi connectivity index (χ3v) is 18.5. The summed E-state index contributed by atoms with van der Waals surface area (Å²) in [5.74, 6) is -1.18. The van der Waals surface area contributed by atoms with Crippen LogP contribution in [0.25, 0.3) is 0 Å². The van der Waals surface area contributed by atoms with Crippen LogP contribution in [0.1, 0.15) is 114 Å². The van der Waals surface area contributed by atoms with Crippen molar-refractivity contribution in [3.8, 4) is 0 Å².